The fourth-order valence-electron chi connectivity index (χ4n) is 4.07. The van der Waals surface area contributed by atoms with E-state index in [-0.39, 0.29) is 24.6 Å². The third-order valence-corrected chi connectivity index (χ3v) is 5.44. The zero-order valence-electron chi connectivity index (χ0n) is 14.9. The van der Waals surface area contributed by atoms with E-state index in [4.69, 9.17) is 9.84 Å². The minimum absolute atomic E-state index is 0.00796. The molecule has 1 N–H and O–H groups in total. The number of nitrogens with zero attached hydrogens (tertiary/aromatic N) is 2. The van der Waals surface area contributed by atoms with Crippen molar-refractivity contribution < 1.29 is 23.4 Å². The van der Waals surface area contributed by atoms with E-state index >= 15 is 0 Å². The van der Waals surface area contributed by atoms with Crippen LogP contribution in [0.5, 0.6) is 0 Å². The molecule has 1 unspecified atom stereocenters. The molecule has 1 atom stereocenters. The summed E-state index contributed by atoms with van der Waals surface area (Å²) in [6.45, 7) is 3.79. The monoisotopic (exact) mass is 368 g/mol. The SMILES string of the molecule is O=C1N(Cc2cccc(F)c2F)CCCC12CCN(CCOCCO)C2. The largest absolute Gasteiger partial charge is 0.394 e. The quantitative estimate of drug-likeness (QED) is 0.746. The van der Waals surface area contributed by atoms with Crippen molar-refractivity contribution in [2.75, 3.05) is 46.0 Å². The zero-order chi connectivity index (χ0) is 18.6. The van der Waals surface area contributed by atoms with Gasteiger partial charge in [0, 0.05) is 31.7 Å². The van der Waals surface area contributed by atoms with Crippen molar-refractivity contribution in [3.8, 4) is 0 Å². The van der Waals surface area contributed by atoms with Gasteiger partial charge in [-0.1, -0.05) is 12.1 Å². The first-order valence-corrected chi connectivity index (χ1v) is 9.19. The summed E-state index contributed by atoms with van der Waals surface area (Å²) >= 11 is 0. The van der Waals surface area contributed by atoms with Gasteiger partial charge in [0.15, 0.2) is 11.6 Å². The molecule has 1 amide bonds. The standard InChI is InChI=1S/C19H26F2N2O3/c20-16-4-1-3-15(17(16)21)13-23-7-2-5-19(18(23)25)6-8-22(14-19)9-11-26-12-10-24/h1,3-4,24H,2,5-14H2. The van der Waals surface area contributed by atoms with Crippen LogP contribution in [0.1, 0.15) is 24.8 Å². The Balaban J connectivity index is 1.62. The van der Waals surface area contributed by atoms with Crippen molar-refractivity contribution in [1.82, 2.24) is 9.80 Å². The lowest BCUT2D eigenvalue weighted by atomic mass is 9.78. The number of hydrogen-bond donors (Lipinski definition) is 1. The molecule has 7 heteroatoms. The molecule has 2 aliphatic heterocycles. The van der Waals surface area contributed by atoms with Crippen LogP contribution in [-0.4, -0.2) is 66.8 Å². The predicted octanol–water partition coefficient (Wildman–Crippen LogP) is 1.79. The Kier molecular flexibility index (Phi) is 6.21. The topological polar surface area (TPSA) is 53.0 Å². The van der Waals surface area contributed by atoms with Gasteiger partial charge in [0.2, 0.25) is 5.91 Å². The van der Waals surface area contributed by atoms with Gasteiger partial charge in [0.05, 0.1) is 25.2 Å². The Morgan fingerprint density at radius 3 is 2.85 bits per heavy atom. The summed E-state index contributed by atoms with van der Waals surface area (Å²) in [7, 11) is 0. The Bertz CT molecular complexity index is 643. The van der Waals surface area contributed by atoms with E-state index in [0.29, 0.717) is 26.3 Å². The number of rotatable bonds is 7. The third-order valence-electron chi connectivity index (χ3n) is 5.44. The molecular weight excluding hydrogens is 342 g/mol. The second-order valence-electron chi connectivity index (χ2n) is 7.19. The first kappa shape index (κ1) is 19.2. The molecule has 1 spiro atoms. The first-order valence-electron chi connectivity index (χ1n) is 9.19. The maximum absolute atomic E-state index is 14.0. The second kappa shape index (κ2) is 8.41. The van der Waals surface area contributed by atoms with Crippen LogP contribution in [0.15, 0.2) is 18.2 Å². The van der Waals surface area contributed by atoms with Crippen LogP contribution in [0.2, 0.25) is 0 Å². The molecule has 0 aliphatic carbocycles. The molecule has 2 aliphatic rings. The fourth-order valence-corrected chi connectivity index (χ4v) is 4.07. The molecule has 0 radical (unpaired) electrons. The highest BCUT2D eigenvalue weighted by Crippen LogP contribution is 2.40. The lowest BCUT2D eigenvalue weighted by molar-refractivity contribution is -0.146. The molecular formula is C19H26F2N2O3. The van der Waals surface area contributed by atoms with Crippen LogP contribution in [0.3, 0.4) is 0 Å². The Labute approximate surface area is 152 Å². The van der Waals surface area contributed by atoms with Crippen LogP contribution in [0, 0.1) is 17.0 Å². The summed E-state index contributed by atoms with van der Waals surface area (Å²) in [5.41, 5.74) is -0.193. The van der Waals surface area contributed by atoms with E-state index in [2.05, 4.69) is 4.90 Å². The number of aliphatic hydroxyl groups excluding tert-OH is 1. The van der Waals surface area contributed by atoms with Crippen molar-refractivity contribution >= 4 is 5.91 Å². The lowest BCUT2D eigenvalue weighted by Crippen LogP contribution is -2.49. The van der Waals surface area contributed by atoms with Gasteiger partial charge in [-0.3, -0.25) is 9.69 Å². The van der Waals surface area contributed by atoms with Crippen LogP contribution in [0.25, 0.3) is 0 Å². The van der Waals surface area contributed by atoms with E-state index in [1.165, 1.54) is 12.1 Å². The van der Waals surface area contributed by atoms with E-state index in [1.54, 1.807) is 4.90 Å². The molecule has 2 saturated heterocycles. The highest BCUT2D eigenvalue weighted by atomic mass is 19.2. The summed E-state index contributed by atoms with van der Waals surface area (Å²) in [6.07, 6.45) is 2.49. The maximum atomic E-state index is 14.0. The van der Waals surface area contributed by atoms with Crippen molar-refractivity contribution in [2.45, 2.75) is 25.8 Å². The molecule has 1 aromatic rings. The number of piperidine rings is 1. The average Bonchev–Trinajstić information content (AvgIpc) is 3.04. The lowest BCUT2D eigenvalue weighted by Gasteiger charge is -2.39. The Hall–Kier alpha value is -1.57. The number of amides is 1. The van der Waals surface area contributed by atoms with Crippen LogP contribution in [-0.2, 0) is 16.1 Å². The normalized spacial score (nSPS) is 24.0. The molecule has 2 fully saturated rings. The zero-order valence-corrected chi connectivity index (χ0v) is 14.9. The predicted molar refractivity (Wildman–Crippen MR) is 92.4 cm³/mol. The Morgan fingerprint density at radius 1 is 1.19 bits per heavy atom. The molecule has 3 rings (SSSR count). The summed E-state index contributed by atoms with van der Waals surface area (Å²) in [5.74, 6) is -1.70. The maximum Gasteiger partial charge on any atom is 0.230 e. The number of aliphatic hydroxyl groups is 1. The van der Waals surface area contributed by atoms with Crippen molar-refractivity contribution in [3.05, 3.63) is 35.4 Å². The van der Waals surface area contributed by atoms with Gasteiger partial charge >= 0.3 is 0 Å². The fraction of sp³-hybridized carbons (Fsp3) is 0.632. The molecule has 26 heavy (non-hydrogen) atoms. The average molecular weight is 368 g/mol. The van der Waals surface area contributed by atoms with Crippen LogP contribution in [0.4, 0.5) is 8.78 Å². The van der Waals surface area contributed by atoms with E-state index < -0.39 is 17.0 Å². The number of hydrogen-bond acceptors (Lipinski definition) is 4. The summed E-state index contributed by atoms with van der Waals surface area (Å²) in [5, 5.41) is 8.74. The second-order valence-corrected chi connectivity index (χ2v) is 7.19. The van der Waals surface area contributed by atoms with Gasteiger partial charge in [-0.2, -0.15) is 0 Å². The van der Waals surface area contributed by atoms with Gasteiger partial charge in [-0.05, 0) is 31.9 Å². The van der Waals surface area contributed by atoms with Gasteiger partial charge in [0.25, 0.3) is 0 Å². The van der Waals surface area contributed by atoms with Gasteiger partial charge in [0.1, 0.15) is 0 Å². The minimum Gasteiger partial charge on any atom is -0.394 e. The summed E-state index contributed by atoms with van der Waals surface area (Å²) in [6, 6.07) is 4.10. The van der Waals surface area contributed by atoms with Crippen LogP contribution < -0.4 is 0 Å². The highest BCUT2D eigenvalue weighted by molar-refractivity contribution is 5.84. The van der Waals surface area contributed by atoms with Gasteiger partial charge in [-0.25, -0.2) is 8.78 Å². The van der Waals surface area contributed by atoms with Crippen molar-refractivity contribution in [1.29, 1.82) is 0 Å². The van der Waals surface area contributed by atoms with Crippen molar-refractivity contribution in [3.63, 3.8) is 0 Å². The third kappa shape index (κ3) is 4.05. The van der Waals surface area contributed by atoms with E-state index in [0.717, 1.165) is 38.4 Å². The number of benzene rings is 1. The number of likely N-dealkylation sites (tertiary alicyclic amines) is 2. The smallest absolute Gasteiger partial charge is 0.230 e. The summed E-state index contributed by atoms with van der Waals surface area (Å²) < 4.78 is 32.7. The molecule has 2 heterocycles. The molecule has 0 bridgehead atoms. The highest BCUT2D eigenvalue weighted by Gasteiger charge is 2.48. The molecule has 0 saturated carbocycles. The van der Waals surface area contributed by atoms with E-state index in [9.17, 15) is 13.6 Å². The van der Waals surface area contributed by atoms with Gasteiger partial charge in [-0.15, -0.1) is 0 Å². The molecule has 1 aromatic carbocycles. The Morgan fingerprint density at radius 2 is 2.04 bits per heavy atom. The molecule has 144 valence electrons. The molecule has 0 aromatic heterocycles. The van der Waals surface area contributed by atoms with Crippen LogP contribution >= 0.6 is 0 Å². The number of carbonyl (C=O) groups excluding carboxylic acids is 1. The number of ether oxygens (including phenoxy) is 1. The van der Waals surface area contributed by atoms with Crippen molar-refractivity contribution in [2.24, 2.45) is 5.41 Å². The van der Waals surface area contributed by atoms with E-state index in [1.807, 2.05) is 0 Å². The van der Waals surface area contributed by atoms with Gasteiger partial charge < -0.3 is 14.7 Å². The molecule has 5 nitrogen and oxygen atoms in total. The minimum atomic E-state index is -0.878. The first-order chi connectivity index (χ1) is 12.6. The number of halogens is 2. The number of carbonyl (C=O) groups is 1. The summed E-state index contributed by atoms with van der Waals surface area (Å²) in [4.78, 5) is 17.0.